The van der Waals surface area contributed by atoms with Crippen molar-refractivity contribution in [3.05, 3.63) is 17.5 Å². The molecular weight excluding hydrogens is 360 g/mol. The van der Waals surface area contributed by atoms with Crippen LogP contribution < -0.4 is 10.2 Å². The minimum atomic E-state index is -3.41. The second kappa shape index (κ2) is 7.03. The maximum Gasteiger partial charge on any atom is 0.276 e. The van der Waals surface area contributed by atoms with E-state index in [4.69, 9.17) is 0 Å². The number of rotatable bonds is 6. The van der Waals surface area contributed by atoms with Crippen LogP contribution in [0, 0.1) is 17.2 Å². The highest BCUT2D eigenvalue weighted by Crippen LogP contribution is 2.39. The van der Waals surface area contributed by atoms with Crippen molar-refractivity contribution in [3.63, 3.8) is 0 Å². The molecule has 25 heavy (non-hydrogen) atoms. The Morgan fingerprint density at radius 1 is 1.48 bits per heavy atom. The number of nitrogens with one attached hydrogen (secondary N) is 2. The maximum absolute atomic E-state index is 12.5. The molecule has 2 fully saturated rings. The van der Waals surface area contributed by atoms with Gasteiger partial charge in [0, 0.05) is 0 Å². The van der Waals surface area contributed by atoms with Gasteiger partial charge in [-0.05, 0) is 37.1 Å². The summed E-state index contributed by atoms with van der Waals surface area (Å²) in [7, 11) is -3.41. The summed E-state index contributed by atoms with van der Waals surface area (Å²) in [5.74, 6) is 0.116. The van der Waals surface area contributed by atoms with Crippen LogP contribution in [0.2, 0.25) is 0 Å². The largest absolute Gasteiger partial charge is 0.333 e. The van der Waals surface area contributed by atoms with Crippen LogP contribution in [0.15, 0.2) is 21.7 Å². The molecule has 0 unspecified atom stereocenters. The van der Waals surface area contributed by atoms with Crippen molar-refractivity contribution in [3.8, 4) is 6.07 Å². The number of hydrogen-bond donors (Lipinski definition) is 2. The van der Waals surface area contributed by atoms with Gasteiger partial charge in [0.1, 0.15) is 9.75 Å². The molecular formula is C16H23N4O3S2+. The highest BCUT2D eigenvalue weighted by molar-refractivity contribution is 7.91. The summed E-state index contributed by atoms with van der Waals surface area (Å²) in [6.45, 7) is 4.04. The fraction of sp³-hybridized carbons (Fsp3) is 0.625. The summed E-state index contributed by atoms with van der Waals surface area (Å²) in [5, 5.41) is 13.9. The Balaban J connectivity index is 1.51. The highest BCUT2D eigenvalue weighted by Gasteiger charge is 2.43. The molecule has 1 saturated heterocycles. The summed E-state index contributed by atoms with van der Waals surface area (Å²) >= 11 is 1.22. The van der Waals surface area contributed by atoms with E-state index < -0.39 is 15.6 Å². The number of hydrogen-bond acceptors (Lipinski definition) is 5. The zero-order valence-electron chi connectivity index (χ0n) is 14.2. The van der Waals surface area contributed by atoms with Gasteiger partial charge in [0.25, 0.3) is 15.9 Å². The summed E-state index contributed by atoms with van der Waals surface area (Å²) in [6, 6.07) is 5.57. The van der Waals surface area contributed by atoms with Crippen molar-refractivity contribution < 1.29 is 18.1 Å². The summed E-state index contributed by atoms with van der Waals surface area (Å²) < 4.78 is 26.8. The van der Waals surface area contributed by atoms with Crippen molar-refractivity contribution in [1.82, 2.24) is 9.62 Å². The lowest BCUT2D eigenvalue weighted by molar-refractivity contribution is -0.895. The van der Waals surface area contributed by atoms with Gasteiger partial charge in [-0.25, -0.2) is 8.42 Å². The number of quaternary nitrogens is 1. The van der Waals surface area contributed by atoms with Crippen molar-refractivity contribution in [2.75, 3.05) is 32.7 Å². The van der Waals surface area contributed by atoms with Crippen molar-refractivity contribution >= 4 is 27.3 Å². The third kappa shape index (κ3) is 4.03. The molecule has 3 rings (SSSR count). The summed E-state index contributed by atoms with van der Waals surface area (Å²) in [5.41, 5.74) is -0.777. The lowest BCUT2D eigenvalue weighted by Crippen LogP contribution is -3.16. The summed E-state index contributed by atoms with van der Waals surface area (Å²) in [4.78, 5) is 13.3. The molecule has 0 spiro atoms. The van der Waals surface area contributed by atoms with Crippen LogP contribution in [0.3, 0.4) is 0 Å². The Bertz CT molecular complexity index is 760. The van der Waals surface area contributed by atoms with Crippen LogP contribution in [-0.2, 0) is 14.8 Å². The fourth-order valence-corrected chi connectivity index (χ4v) is 5.79. The molecule has 9 heteroatoms. The van der Waals surface area contributed by atoms with Crippen molar-refractivity contribution in [2.45, 2.75) is 29.5 Å². The lowest BCUT2D eigenvalue weighted by Gasteiger charge is -2.31. The first-order chi connectivity index (χ1) is 11.8. The third-order valence-electron chi connectivity index (χ3n) is 4.95. The van der Waals surface area contributed by atoms with Crippen LogP contribution in [0.25, 0.3) is 0 Å². The smallest absolute Gasteiger partial charge is 0.276 e. The van der Waals surface area contributed by atoms with E-state index in [1.807, 2.05) is 0 Å². The molecule has 0 bridgehead atoms. The number of nitrogens with zero attached hydrogens (tertiary/aromatic N) is 2. The van der Waals surface area contributed by atoms with Crippen LogP contribution in [0.1, 0.15) is 19.8 Å². The monoisotopic (exact) mass is 383 g/mol. The van der Waals surface area contributed by atoms with Gasteiger partial charge in [0.15, 0.2) is 6.54 Å². The molecule has 1 aromatic rings. The molecule has 1 aliphatic carbocycles. The first kappa shape index (κ1) is 18.3. The standard InChI is InChI=1S/C16H22N4O3S2/c1-16(12-17,13-4-5-13)18-14(21)11-19-6-8-20(9-7-19)25(22,23)15-3-2-10-24-15/h2-3,10,13H,4-9,11H2,1H3,(H,18,21)/p+1/t16-/m1/s1. The zero-order valence-corrected chi connectivity index (χ0v) is 15.8. The first-order valence-electron chi connectivity index (χ1n) is 8.44. The molecule has 1 saturated carbocycles. The number of carbonyl (C=O) groups excluding carboxylic acids is 1. The van der Waals surface area contributed by atoms with Gasteiger partial charge in [0.2, 0.25) is 0 Å². The molecule has 2 heterocycles. The number of amides is 1. The predicted molar refractivity (Wildman–Crippen MR) is 93.5 cm³/mol. The molecule has 1 atom stereocenters. The number of nitriles is 1. The van der Waals surface area contributed by atoms with Crippen LogP contribution in [0.5, 0.6) is 0 Å². The molecule has 136 valence electrons. The van der Waals surface area contributed by atoms with Crippen LogP contribution >= 0.6 is 11.3 Å². The normalized spacial score (nSPS) is 22.1. The van der Waals surface area contributed by atoms with Gasteiger partial charge in [-0.1, -0.05) is 6.07 Å². The van der Waals surface area contributed by atoms with Crippen LogP contribution in [0.4, 0.5) is 0 Å². The second-order valence-corrected chi connectivity index (χ2v) is 10.0. The number of thiophene rings is 1. The predicted octanol–water partition coefficient (Wildman–Crippen LogP) is -0.554. The minimum Gasteiger partial charge on any atom is -0.333 e. The Kier molecular flexibility index (Phi) is 5.16. The molecule has 0 radical (unpaired) electrons. The van der Waals surface area contributed by atoms with E-state index in [0.717, 1.165) is 17.7 Å². The Morgan fingerprint density at radius 2 is 2.16 bits per heavy atom. The quantitative estimate of drug-likeness (QED) is 0.689. The average Bonchev–Trinajstić information content (AvgIpc) is 3.30. The van der Waals surface area contributed by atoms with E-state index in [1.165, 1.54) is 15.6 Å². The van der Waals surface area contributed by atoms with Gasteiger partial charge in [-0.15, -0.1) is 11.3 Å². The number of sulfonamides is 1. The Labute approximate surface area is 152 Å². The van der Waals surface area contributed by atoms with Gasteiger partial charge in [-0.2, -0.15) is 9.57 Å². The Morgan fingerprint density at radius 3 is 2.68 bits per heavy atom. The first-order valence-corrected chi connectivity index (χ1v) is 10.8. The number of piperazine rings is 1. The van der Waals surface area contributed by atoms with E-state index >= 15 is 0 Å². The second-order valence-electron chi connectivity index (χ2n) is 6.90. The van der Waals surface area contributed by atoms with Gasteiger partial charge in [0.05, 0.1) is 32.2 Å². The average molecular weight is 384 g/mol. The van der Waals surface area contributed by atoms with Gasteiger partial charge >= 0.3 is 0 Å². The molecule has 1 aliphatic heterocycles. The van der Waals surface area contributed by atoms with E-state index in [9.17, 15) is 18.5 Å². The highest BCUT2D eigenvalue weighted by atomic mass is 32.2. The van der Waals surface area contributed by atoms with E-state index in [1.54, 1.807) is 24.4 Å². The Hall–Kier alpha value is -1.47. The van der Waals surface area contributed by atoms with E-state index in [-0.39, 0.29) is 18.4 Å². The zero-order chi connectivity index (χ0) is 18.1. The maximum atomic E-state index is 12.5. The van der Waals surface area contributed by atoms with Gasteiger partial charge in [-0.3, -0.25) is 4.79 Å². The number of carbonyl (C=O) groups is 1. The molecule has 1 amide bonds. The molecule has 2 aliphatic rings. The molecule has 2 N–H and O–H groups in total. The van der Waals surface area contributed by atoms with Crippen molar-refractivity contribution in [1.29, 1.82) is 5.26 Å². The van der Waals surface area contributed by atoms with Crippen molar-refractivity contribution in [2.24, 2.45) is 5.92 Å². The van der Waals surface area contributed by atoms with Crippen LogP contribution in [-0.4, -0.2) is 56.9 Å². The third-order valence-corrected chi connectivity index (χ3v) is 8.23. The lowest BCUT2D eigenvalue weighted by atomic mass is 9.98. The molecule has 7 nitrogen and oxygen atoms in total. The minimum absolute atomic E-state index is 0.138. The summed E-state index contributed by atoms with van der Waals surface area (Å²) in [6.07, 6.45) is 1.97. The molecule has 1 aromatic heterocycles. The van der Waals surface area contributed by atoms with E-state index in [2.05, 4.69) is 11.4 Å². The fourth-order valence-electron chi connectivity index (χ4n) is 3.20. The van der Waals surface area contributed by atoms with E-state index in [0.29, 0.717) is 30.4 Å². The SMILES string of the molecule is C[C@](C#N)(NC(=O)C[NH+]1CCN(S(=O)(=O)c2cccs2)CC1)C1CC1. The molecule has 0 aromatic carbocycles. The van der Waals surface area contributed by atoms with Gasteiger partial charge < -0.3 is 10.2 Å². The topological polar surface area (TPSA) is 94.7 Å².